The fourth-order valence-electron chi connectivity index (χ4n) is 5.18. The van der Waals surface area contributed by atoms with Gasteiger partial charge in [-0.15, -0.1) is 0 Å². The molecular weight excluding hydrogens is 490 g/mol. The molecule has 3 aliphatic heterocycles. The number of ether oxygens (including phenoxy) is 4. The van der Waals surface area contributed by atoms with Crippen LogP contribution >= 0.6 is 0 Å². The summed E-state index contributed by atoms with van der Waals surface area (Å²) in [6, 6.07) is 16.1. The van der Waals surface area contributed by atoms with Crippen molar-refractivity contribution in [2.75, 3.05) is 18.7 Å². The predicted molar refractivity (Wildman–Crippen MR) is 135 cm³/mol. The van der Waals surface area contributed by atoms with Crippen molar-refractivity contribution in [1.82, 2.24) is 10.3 Å². The molecule has 0 aliphatic carbocycles. The summed E-state index contributed by atoms with van der Waals surface area (Å²) in [5.41, 5.74) is 2.76. The Labute approximate surface area is 218 Å². The second kappa shape index (κ2) is 10.3. The fourth-order valence-corrected chi connectivity index (χ4v) is 5.18. The van der Waals surface area contributed by atoms with Gasteiger partial charge in [0.2, 0.25) is 12.7 Å². The van der Waals surface area contributed by atoms with E-state index in [1.165, 1.54) is 0 Å². The summed E-state index contributed by atoms with van der Waals surface area (Å²) in [7, 11) is 0. The van der Waals surface area contributed by atoms with Crippen LogP contribution in [0.25, 0.3) is 0 Å². The molecule has 1 aromatic heterocycles. The smallest absolute Gasteiger partial charge is 0.255 e. The van der Waals surface area contributed by atoms with Crippen LogP contribution < -0.4 is 24.8 Å². The third-order valence-electron chi connectivity index (χ3n) is 7.00. The number of amides is 2. The number of aliphatic hydroxyl groups excluding tert-OH is 1. The first-order chi connectivity index (χ1) is 18.6. The highest BCUT2D eigenvalue weighted by atomic mass is 16.7. The molecule has 10 nitrogen and oxygen atoms in total. The number of hydrogen-bond acceptors (Lipinski definition) is 8. The van der Waals surface area contributed by atoms with Gasteiger partial charge in [-0.05, 0) is 55.0 Å². The monoisotopic (exact) mass is 517 g/mol. The number of nitrogens with zero attached hydrogens (tertiary/aromatic N) is 1. The van der Waals surface area contributed by atoms with Crippen molar-refractivity contribution in [3.05, 3.63) is 77.6 Å². The highest BCUT2D eigenvalue weighted by Gasteiger charge is 2.46. The van der Waals surface area contributed by atoms with Crippen molar-refractivity contribution in [1.29, 1.82) is 0 Å². The summed E-state index contributed by atoms with van der Waals surface area (Å²) in [6.07, 6.45) is 1.05. The van der Waals surface area contributed by atoms with Crippen LogP contribution in [0.2, 0.25) is 0 Å². The number of aromatic nitrogens is 1. The molecule has 0 saturated carbocycles. The van der Waals surface area contributed by atoms with E-state index < -0.39 is 12.2 Å². The number of aliphatic hydroxyl groups is 1. The van der Waals surface area contributed by atoms with Crippen LogP contribution in [0.1, 0.15) is 40.4 Å². The lowest BCUT2D eigenvalue weighted by atomic mass is 9.84. The summed E-state index contributed by atoms with van der Waals surface area (Å²) in [4.78, 5) is 29.7. The molecule has 6 rings (SSSR count). The minimum atomic E-state index is -0.568. The molecule has 3 aromatic rings. The van der Waals surface area contributed by atoms with Crippen molar-refractivity contribution < 1.29 is 33.6 Å². The number of fused-ring (bicyclic) bond motifs is 4. The van der Waals surface area contributed by atoms with E-state index in [0.29, 0.717) is 41.5 Å². The van der Waals surface area contributed by atoms with E-state index >= 15 is 0 Å². The van der Waals surface area contributed by atoms with E-state index in [1.807, 2.05) is 30.3 Å². The molecule has 10 heteroatoms. The normalized spacial score (nSPS) is 22.7. The first-order valence-electron chi connectivity index (χ1n) is 12.5. The maximum Gasteiger partial charge on any atom is 0.255 e. The maximum absolute atomic E-state index is 12.9. The number of rotatable bonds is 7. The Morgan fingerprint density at radius 2 is 1.89 bits per heavy atom. The minimum absolute atomic E-state index is 0.0908. The minimum Gasteiger partial charge on any atom is -0.487 e. The molecule has 4 heterocycles. The van der Waals surface area contributed by atoms with Crippen LogP contribution in [0.15, 0.2) is 60.8 Å². The van der Waals surface area contributed by atoms with Crippen LogP contribution in [-0.4, -0.2) is 53.6 Å². The van der Waals surface area contributed by atoms with Crippen LogP contribution in [-0.2, 0) is 16.1 Å². The molecule has 0 unspecified atom stereocenters. The van der Waals surface area contributed by atoms with Crippen molar-refractivity contribution in [3.8, 4) is 17.2 Å². The Morgan fingerprint density at radius 1 is 1.03 bits per heavy atom. The number of nitrogens with one attached hydrogen (secondary N) is 2. The molecule has 38 heavy (non-hydrogen) atoms. The molecule has 3 N–H and O–H groups in total. The summed E-state index contributed by atoms with van der Waals surface area (Å²) >= 11 is 0. The summed E-state index contributed by atoms with van der Waals surface area (Å²) in [5, 5.41) is 15.8. The van der Waals surface area contributed by atoms with E-state index in [4.69, 9.17) is 18.9 Å². The van der Waals surface area contributed by atoms with Crippen molar-refractivity contribution >= 4 is 17.5 Å². The summed E-state index contributed by atoms with van der Waals surface area (Å²) < 4.78 is 22.9. The zero-order valence-electron chi connectivity index (χ0n) is 20.5. The first-order valence-corrected chi connectivity index (χ1v) is 12.5. The number of anilines is 1. The number of carbonyl (C=O) groups excluding carboxylic acids is 2. The second-order valence-corrected chi connectivity index (χ2v) is 9.48. The molecule has 0 bridgehead atoms. The van der Waals surface area contributed by atoms with Gasteiger partial charge < -0.3 is 34.7 Å². The van der Waals surface area contributed by atoms with E-state index in [9.17, 15) is 14.7 Å². The van der Waals surface area contributed by atoms with Crippen LogP contribution in [0.4, 0.5) is 5.69 Å². The molecule has 1 fully saturated rings. The van der Waals surface area contributed by atoms with Gasteiger partial charge in [0.1, 0.15) is 18.0 Å². The average molecular weight is 518 g/mol. The van der Waals surface area contributed by atoms with Crippen LogP contribution in [0.5, 0.6) is 17.2 Å². The molecule has 4 atom stereocenters. The Morgan fingerprint density at radius 3 is 2.74 bits per heavy atom. The Hall–Kier alpha value is -4.15. The molecule has 1 saturated heterocycles. The second-order valence-electron chi connectivity index (χ2n) is 9.48. The number of benzene rings is 2. The fraction of sp³-hybridized carbons (Fsp3) is 0.321. The molecule has 3 aliphatic rings. The third-order valence-corrected chi connectivity index (χ3v) is 7.00. The van der Waals surface area contributed by atoms with Gasteiger partial charge in [-0.25, -0.2) is 0 Å². The lowest BCUT2D eigenvalue weighted by molar-refractivity contribution is -0.142. The van der Waals surface area contributed by atoms with Gasteiger partial charge in [0, 0.05) is 28.9 Å². The Balaban J connectivity index is 1.13. The van der Waals surface area contributed by atoms with Gasteiger partial charge in [-0.2, -0.15) is 0 Å². The molecular formula is C28H27N3O7. The topological polar surface area (TPSA) is 128 Å². The van der Waals surface area contributed by atoms with E-state index in [0.717, 1.165) is 11.3 Å². The first kappa shape index (κ1) is 24.2. The molecule has 2 amide bonds. The van der Waals surface area contributed by atoms with Crippen LogP contribution in [0, 0.1) is 0 Å². The largest absolute Gasteiger partial charge is 0.487 e. The lowest BCUT2D eigenvalue weighted by Crippen LogP contribution is -2.47. The zero-order valence-corrected chi connectivity index (χ0v) is 20.5. The zero-order chi connectivity index (χ0) is 26.1. The van der Waals surface area contributed by atoms with Gasteiger partial charge in [0.15, 0.2) is 11.5 Å². The molecule has 0 radical (unpaired) electrons. The Kier molecular flexibility index (Phi) is 6.57. The predicted octanol–water partition coefficient (Wildman–Crippen LogP) is 2.76. The summed E-state index contributed by atoms with van der Waals surface area (Å²) in [5.74, 6) is 1.31. The molecule has 0 spiro atoms. The highest BCUT2D eigenvalue weighted by molar-refractivity contribution is 6.04. The van der Waals surface area contributed by atoms with E-state index in [-0.39, 0.29) is 43.7 Å². The van der Waals surface area contributed by atoms with Gasteiger partial charge in [0.25, 0.3) is 5.91 Å². The number of carbonyl (C=O) groups is 2. The van der Waals surface area contributed by atoms with Gasteiger partial charge in [0.05, 0.1) is 31.4 Å². The average Bonchev–Trinajstić information content (AvgIpc) is 3.56. The number of pyridine rings is 1. The quantitative estimate of drug-likeness (QED) is 0.437. The maximum atomic E-state index is 12.9. The summed E-state index contributed by atoms with van der Waals surface area (Å²) in [6.45, 7) is 0.244. The van der Waals surface area contributed by atoms with Crippen molar-refractivity contribution in [3.63, 3.8) is 0 Å². The Bertz CT molecular complexity index is 1350. The van der Waals surface area contributed by atoms with E-state index in [1.54, 1.807) is 30.5 Å². The molecule has 2 aromatic carbocycles. The van der Waals surface area contributed by atoms with Crippen LogP contribution in [0.3, 0.4) is 0 Å². The molecule has 196 valence electrons. The van der Waals surface area contributed by atoms with Crippen molar-refractivity contribution in [2.24, 2.45) is 0 Å². The standard InChI is InChI=1S/C28H27N3O7/c32-14-25-27-21(11-19(37-25)12-26(33)30-13-18-3-1-2-8-29-18)20-10-17(5-7-22(20)38-27)31-28(34)16-4-6-23-24(9-16)36-15-35-23/h1-10,19,21,25,27,32H,11-15H2,(H,30,33)(H,31,34)/t19-,21+,25-,27-/m1/s1. The van der Waals surface area contributed by atoms with Gasteiger partial charge in [-0.3, -0.25) is 14.6 Å². The SMILES string of the molecule is O=C(C[C@H]1C[C@H]2c3cc(NC(=O)c4ccc5c(c4)OCO5)ccc3O[C@H]2[C@@H](CO)O1)NCc1ccccn1. The number of hydrogen-bond donors (Lipinski definition) is 3. The van der Waals surface area contributed by atoms with Gasteiger partial charge >= 0.3 is 0 Å². The third kappa shape index (κ3) is 4.88. The highest BCUT2D eigenvalue weighted by Crippen LogP contribution is 2.47. The van der Waals surface area contributed by atoms with E-state index in [2.05, 4.69) is 15.6 Å². The lowest BCUT2D eigenvalue weighted by Gasteiger charge is -2.37. The van der Waals surface area contributed by atoms with Gasteiger partial charge in [-0.1, -0.05) is 6.07 Å². The van der Waals surface area contributed by atoms with Crippen molar-refractivity contribution in [2.45, 2.75) is 43.6 Å².